The average molecular weight is 480 g/mol. The molecule has 2 aromatic carbocycles. The van der Waals surface area contributed by atoms with E-state index in [1.807, 2.05) is 0 Å². The minimum atomic E-state index is -1.01. The summed E-state index contributed by atoms with van der Waals surface area (Å²) in [7, 11) is 0. The number of aromatic nitrogens is 2. The molecule has 0 aliphatic heterocycles. The number of rotatable bonds is 8. The Kier molecular flexibility index (Phi) is 7.82. The molecule has 32 heavy (non-hydrogen) atoms. The van der Waals surface area contributed by atoms with Crippen LogP contribution < -0.4 is 5.32 Å². The highest BCUT2D eigenvalue weighted by atomic mass is 35.5. The topological polar surface area (TPSA) is 94.3 Å². The number of nitrogens with one attached hydrogen (secondary N) is 1. The van der Waals surface area contributed by atoms with Gasteiger partial charge < -0.3 is 14.6 Å². The molecule has 1 N–H and O–H groups in total. The molecule has 1 amide bonds. The highest BCUT2D eigenvalue weighted by Gasteiger charge is 2.21. The third-order valence-corrected chi connectivity index (χ3v) is 5.14. The number of nitrogens with zero attached hydrogens (tertiary/aromatic N) is 2. The first-order valence-electron chi connectivity index (χ1n) is 9.76. The summed E-state index contributed by atoms with van der Waals surface area (Å²) in [6, 6.07) is 10.2. The van der Waals surface area contributed by atoms with Crippen molar-refractivity contribution >= 4 is 35.1 Å². The molecule has 1 aromatic heterocycles. The van der Waals surface area contributed by atoms with Crippen molar-refractivity contribution in [2.75, 3.05) is 0 Å². The van der Waals surface area contributed by atoms with Gasteiger partial charge in [-0.3, -0.25) is 9.59 Å². The van der Waals surface area contributed by atoms with Crippen molar-refractivity contribution in [3.63, 3.8) is 0 Å². The number of ether oxygens (including phenoxy) is 1. The number of aryl methyl sites for hydroxylation is 1. The largest absolute Gasteiger partial charge is 0.453 e. The SMILES string of the molecule is CC(OC(=O)CCc1nc(-c2ccc(F)cc2)no1)C(=O)NC(C)c1ccc(Cl)cc1Cl. The monoisotopic (exact) mass is 479 g/mol. The lowest BCUT2D eigenvalue weighted by Crippen LogP contribution is -2.37. The summed E-state index contributed by atoms with van der Waals surface area (Å²) in [5.74, 6) is -0.913. The molecule has 7 nitrogen and oxygen atoms in total. The first-order valence-corrected chi connectivity index (χ1v) is 10.5. The van der Waals surface area contributed by atoms with E-state index in [2.05, 4.69) is 15.5 Å². The van der Waals surface area contributed by atoms with Crippen molar-refractivity contribution in [3.05, 3.63) is 69.8 Å². The number of carbonyl (C=O) groups excluding carboxylic acids is 2. The van der Waals surface area contributed by atoms with Crippen LogP contribution in [0.15, 0.2) is 47.0 Å². The second kappa shape index (κ2) is 10.6. The average Bonchev–Trinajstić information content (AvgIpc) is 3.21. The summed E-state index contributed by atoms with van der Waals surface area (Å²) in [6.07, 6.45) is -0.923. The molecule has 0 bridgehead atoms. The van der Waals surface area contributed by atoms with Crippen LogP contribution in [0.3, 0.4) is 0 Å². The normalized spacial score (nSPS) is 12.8. The summed E-state index contributed by atoms with van der Waals surface area (Å²) < 4.78 is 23.3. The fourth-order valence-corrected chi connectivity index (χ4v) is 3.42. The van der Waals surface area contributed by atoms with Crippen LogP contribution in [0.5, 0.6) is 0 Å². The highest BCUT2D eigenvalue weighted by Crippen LogP contribution is 2.26. The van der Waals surface area contributed by atoms with Crippen LogP contribution in [0, 0.1) is 5.82 Å². The molecular formula is C22H20Cl2FN3O4. The maximum Gasteiger partial charge on any atom is 0.307 e. The Morgan fingerprint density at radius 2 is 1.88 bits per heavy atom. The number of amides is 1. The molecule has 2 unspecified atom stereocenters. The van der Waals surface area contributed by atoms with E-state index in [0.717, 1.165) is 0 Å². The first kappa shape index (κ1) is 23.7. The molecule has 1 heterocycles. The van der Waals surface area contributed by atoms with Gasteiger partial charge in [0, 0.05) is 22.0 Å². The van der Waals surface area contributed by atoms with Crippen molar-refractivity contribution in [1.29, 1.82) is 0 Å². The third-order valence-electron chi connectivity index (χ3n) is 4.58. The molecule has 168 valence electrons. The number of halogens is 3. The number of benzene rings is 2. The van der Waals surface area contributed by atoms with Gasteiger partial charge in [0.25, 0.3) is 5.91 Å². The Morgan fingerprint density at radius 3 is 2.56 bits per heavy atom. The number of hydrogen-bond donors (Lipinski definition) is 1. The van der Waals surface area contributed by atoms with Gasteiger partial charge in [0.05, 0.1) is 12.5 Å². The Morgan fingerprint density at radius 1 is 1.16 bits per heavy atom. The summed E-state index contributed by atoms with van der Waals surface area (Å²) >= 11 is 12.1. The minimum absolute atomic E-state index is 0.0543. The second-order valence-corrected chi connectivity index (χ2v) is 7.89. The Balaban J connectivity index is 1.48. The molecule has 0 aliphatic rings. The van der Waals surface area contributed by atoms with E-state index in [-0.39, 0.29) is 30.4 Å². The van der Waals surface area contributed by atoms with Crippen LogP contribution in [-0.4, -0.2) is 28.1 Å². The standard InChI is InChI=1S/C22H20Cl2FN3O4/c1-12(17-8-5-15(23)11-18(17)24)26-22(30)13(2)31-20(29)10-9-19-27-21(28-32-19)14-3-6-16(25)7-4-14/h3-8,11-13H,9-10H2,1-2H3,(H,26,30). The van der Waals surface area contributed by atoms with E-state index in [1.54, 1.807) is 25.1 Å². The smallest absolute Gasteiger partial charge is 0.307 e. The predicted molar refractivity (Wildman–Crippen MR) is 117 cm³/mol. The Labute approximate surface area is 193 Å². The van der Waals surface area contributed by atoms with Gasteiger partial charge in [-0.05, 0) is 55.8 Å². The van der Waals surface area contributed by atoms with E-state index < -0.39 is 24.0 Å². The van der Waals surface area contributed by atoms with Gasteiger partial charge in [-0.1, -0.05) is 34.4 Å². The third kappa shape index (κ3) is 6.27. The van der Waals surface area contributed by atoms with Gasteiger partial charge in [0.2, 0.25) is 11.7 Å². The zero-order valence-corrected chi connectivity index (χ0v) is 18.8. The van der Waals surface area contributed by atoms with Crippen molar-refractivity contribution in [1.82, 2.24) is 15.5 Å². The fourth-order valence-electron chi connectivity index (χ4n) is 2.85. The first-order chi connectivity index (χ1) is 15.2. The van der Waals surface area contributed by atoms with Crippen molar-refractivity contribution < 1.29 is 23.2 Å². The summed E-state index contributed by atoms with van der Waals surface area (Å²) in [5, 5.41) is 7.48. The molecule has 0 aliphatic carbocycles. The molecule has 0 fully saturated rings. The van der Waals surface area contributed by atoms with Crippen LogP contribution in [0.2, 0.25) is 10.0 Å². The lowest BCUT2D eigenvalue weighted by Gasteiger charge is -2.19. The lowest BCUT2D eigenvalue weighted by molar-refractivity contribution is -0.155. The molecule has 0 saturated heterocycles. The number of carbonyl (C=O) groups is 2. The molecule has 10 heteroatoms. The van der Waals surface area contributed by atoms with Gasteiger partial charge in [0.15, 0.2) is 6.10 Å². The molecule has 2 atom stereocenters. The quantitative estimate of drug-likeness (QED) is 0.460. The van der Waals surface area contributed by atoms with Gasteiger partial charge >= 0.3 is 5.97 Å². The van der Waals surface area contributed by atoms with Gasteiger partial charge in [-0.15, -0.1) is 0 Å². The fraction of sp³-hybridized carbons (Fsp3) is 0.273. The van der Waals surface area contributed by atoms with Crippen LogP contribution in [0.4, 0.5) is 4.39 Å². The number of hydrogen-bond acceptors (Lipinski definition) is 6. The highest BCUT2D eigenvalue weighted by molar-refractivity contribution is 6.35. The van der Waals surface area contributed by atoms with E-state index >= 15 is 0 Å². The molecule has 3 rings (SSSR count). The van der Waals surface area contributed by atoms with Crippen molar-refractivity contribution in [2.45, 2.75) is 38.8 Å². The molecule has 0 spiro atoms. The summed E-state index contributed by atoms with van der Waals surface area (Å²) in [5.41, 5.74) is 1.28. The molecule has 0 radical (unpaired) electrons. The predicted octanol–water partition coefficient (Wildman–Crippen LogP) is 4.92. The van der Waals surface area contributed by atoms with E-state index in [9.17, 15) is 14.0 Å². The minimum Gasteiger partial charge on any atom is -0.453 e. The lowest BCUT2D eigenvalue weighted by atomic mass is 10.1. The second-order valence-electron chi connectivity index (χ2n) is 7.05. The molecule has 0 saturated carbocycles. The zero-order chi connectivity index (χ0) is 23.3. The Hall–Kier alpha value is -2.97. The molecular weight excluding hydrogens is 460 g/mol. The van der Waals surface area contributed by atoms with E-state index in [0.29, 0.717) is 21.2 Å². The maximum atomic E-state index is 13.0. The van der Waals surface area contributed by atoms with Crippen LogP contribution >= 0.6 is 23.2 Å². The van der Waals surface area contributed by atoms with Crippen LogP contribution in [0.25, 0.3) is 11.4 Å². The van der Waals surface area contributed by atoms with Gasteiger partial charge in [-0.25, -0.2) is 4.39 Å². The van der Waals surface area contributed by atoms with Crippen molar-refractivity contribution in [3.8, 4) is 11.4 Å². The van der Waals surface area contributed by atoms with E-state index in [4.69, 9.17) is 32.5 Å². The molecule has 3 aromatic rings. The number of esters is 1. The zero-order valence-electron chi connectivity index (χ0n) is 17.3. The summed E-state index contributed by atoms with van der Waals surface area (Å²) in [6.45, 7) is 3.23. The van der Waals surface area contributed by atoms with Crippen molar-refractivity contribution in [2.24, 2.45) is 0 Å². The maximum absolute atomic E-state index is 13.0. The Bertz CT molecular complexity index is 1100. The van der Waals surface area contributed by atoms with Gasteiger partial charge in [-0.2, -0.15) is 4.98 Å². The van der Waals surface area contributed by atoms with Crippen LogP contribution in [0.1, 0.15) is 37.8 Å². The van der Waals surface area contributed by atoms with E-state index in [1.165, 1.54) is 31.2 Å². The van der Waals surface area contributed by atoms with Crippen LogP contribution in [-0.2, 0) is 20.7 Å². The van der Waals surface area contributed by atoms with Gasteiger partial charge in [0.1, 0.15) is 5.82 Å². The summed E-state index contributed by atoms with van der Waals surface area (Å²) in [4.78, 5) is 28.7.